The maximum atomic E-state index is 4.89. The lowest BCUT2D eigenvalue weighted by Crippen LogP contribution is -1.97. The molecule has 0 spiro atoms. The summed E-state index contributed by atoms with van der Waals surface area (Å²) >= 11 is 0. The van der Waals surface area contributed by atoms with Crippen molar-refractivity contribution in [1.29, 1.82) is 0 Å². The predicted molar refractivity (Wildman–Crippen MR) is 97.3 cm³/mol. The van der Waals surface area contributed by atoms with Crippen LogP contribution in [-0.2, 0) is 0 Å². The zero-order valence-corrected chi connectivity index (χ0v) is 12.7. The number of hydrogen-bond donors (Lipinski definition) is 0. The summed E-state index contributed by atoms with van der Waals surface area (Å²) in [6, 6.07) is 7.91. The normalized spacial score (nSPS) is 17.3. The van der Waals surface area contributed by atoms with E-state index in [0.717, 1.165) is 44.2 Å². The van der Waals surface area contributed by atoms with Crippen LogP contribution >= 0.6 is 0 Å². The third-order valence-corrected chi connectivity index (χ3v) is 4.14. The second-order valence-electron chi connectivity index (χ2n) is 5.59. The maximum Gasteiger partial charge on any atom is 0.0996 e. The van der Waals surface area contributed by atoms with Crippen molar-refractivity contribution in [3.05, 3.63) is 72.4 Å². The fourth-order valence-corrected chi connectivity index (χ4v) is 3.07. The molecule has 1 aromatic carbocycles. The van der Waals surface area contributed by atoms with Crippen molar-refractivity contribution in [3.8, 4) is 0 Å². The van der Waals surface area contributed by atoms with Crippen LogP contribution in [0.25, 0.3) is 45.0 Å². The van der Waals surface area contributed by atoms with Crippen molar-refractivity contribution in [3.63, 3.8) is 0 Å². The standard InChI is InChI=1S/C20H12N4/c1-2-4-10-16-15(9-3-1)23-19-13-7-5-11-21-17(13)18-14(20(19)24-16)8-6-12-22-18/h1-12H/b2-1-,3-1?,4-2?,9-3-,10-4+,15-9?,16-10?. The predicted octanol–water partition coefficient (Wildman–Crippen LogP) is 4.32. The summed E-state index contributed by atoms with van der Waals surface area (Å²) in [6.07, 6.45) is 15.5. The van der Waals surface area contributed by atoms with Crippen LogP contribution in [0, 0.1) is 0 Å². The van der Waals surface area contributed by atoms with Crippen LogP contribution in [0.15, 0.2) is 61.0 Å². The van der Waals surface area contributed by atoms with Gasteiger partial charge in [-0.2, -0.15) is 0 Å². The van der Waals surface area contributed by atoms with Gasteiger partial charge in [0.25, 0.3) is 0 Å². The van der Waals surface area contributed by atoms with Crippen molar-refractivity contribution in [2.45, 2.75) is 0 Å². The highest BCUT2D eigenvalue weighted by atomic mass is 14.8. The minimum atomic E-state index is 0.858. The summed E-state index contributed by atoms with van der Waals surface area (Å²) in [6.45, 7) is 0. The quantitative estimate of drug-likeness (QED) is 0.454. The van der Waals surface area contributed by atoms with Crippen LogP contribution < -0.4 is 0 Å². The van der Waals surface area contributed by atoms with E-state index in [2.05, 4.69) is 9.97 Å². The fraction of sp³-hybridized carbons (Fsp3) is 0. The maximum absolute atomic E-state index is 4.89. The number of benzene rings is 1. The number of fused-ring (bicyclic) bond motifs is 7. The van der Waals surface area contributed by atoms with Crippen molar-refractivity contribution in [1.82, 2.24) is 19.9 Å². The van der Waals surface area contributed by atoms with Crippen molar-refractivity contribution >= 4 is 45.0 Å². The molecule has 0 unspecified atom stereocenters. The van der Waals surface area contributed by atoms with Gasteiger partial charge in [0.1, 0.15) is 0 Å². The third-order valence-electron chi connectivity index (χ3n) is 4.14. The molecule has 4 nitrogen and oxygen atoms in total. The van der Waals surface area contributed by atoms with Gasteiger partial charge in [0.2, 0.25) is 0 Å². The van der Waals surface area contributed by atoms with E-state index in [1.165, 1.54) is 0 Å². The van der Waals surface area contributed by atoms with Crippen LogP contribution in [-0.4, -0.2) is 19.9 Å². The number of nitrogens with zero attached hydrogens (tertiary/aromatic N) is 4. The van der Waals surface area contributed by atoms with Gasteiger partial charge >= 0.3 is 0 Å². The van der Waals surface area contributed by atoms with E-state index in [-0.39, 0.29) is 0 Å². The van der Waals surface area contributed by atoms with E-state index in [4.69, 9.17) is 9.97 Å². The van der Waals surface area contributed by atoms with E-state index in [9.17, 15) is 0 Å². The van der Waals surface area contributed by atoms with Gasteiger partial charge in [-0.1, -0.05) is 24.3 Å². The number of rotatable bonds is 0. The summed E-state index contributed by atoms with van der Waals surface area (Å²) in [5.74, 6) is 0. The Kier molecular flexibility index (Phi) is 2.76. The second-order valence-corrected chi connectivity index (χ2v) is 5.59. The molecule has 4 aromatic rings. The van der Waals surface area contributed by atoms with Crippen LogP contribution in [0.1, 0.15) is 11.4 Å². The van der Waals surface area contributed by atoms with Gasteiger partial charge in [0.15, 0.2) is 0 Å². The molecule has 4 heteroatoms. The lowest BCUT2D eigenvalue weighted by molar-refractivity contribution is 1.25. The molecular weight excluding hydrogens is 296 g/mol. The van der Waals surface area contributed by atoms with Gasteiger partial charge in [-0.05, 0) is 36.4 Å². The Morgan fingerprint density at radius 2 is 1.04 bits per heavy atom. The first-order valence-electron chi connectivity index (χ1n) is 7.76. The zero-order chi connectivity index (χ0) is 15.9. The largest absolute Gasteiger partial charge is 0.254 e. The molecule has 0 bridgehead atoms. The first kappa shape index (κ1) is 13.1. The molecule has 3 aromatic heterocycles. The number of aromatic nitrogens is 4. The molecule has 1 aliphatic rings. The Balaban J connectivity index is 2.04. The molecule has 5 rings (SSSR count). The number of pyridine rings is 2. The van der Waals surface area contributed by atoms with Gasteiger partial charge in [-0.15, -0.1) is 0 Å². The molecule has 0 saturated heterocycles. The van der Waals surface area contributed by atoms with Gasteiger partial charge in [-0.25, -0.2) is 9.97 Å². The van der Waals surface area contributed by atoms with Crippen molar-refractivity contribution in [2.75, 3.05) is 0 Å². The minimum absolute atomic E-state index is 0.858. The second kappa shape index (κ2) is 5.06. The molecule has 0 radical (unpaired) electrons. The Hall–Kier alpha value is -3.40. The Morgan fingerprint density at radius 1 is 0.542 bits per heavy atom. The Morgan fingerprint density at radius 3 is 1.54 bits per heavy atom. The molecule has 0 aliphatic heterocycles. The first-order valence-corrected chi connectivity index (χ1v) is 7.76. The summed E-state index contributed by atoms with van der Waals surface area (Å²) in [4.78, 5) is 18.9. The van der Waals surface area contributed by atoms with Crippen LogP contribution in [0.3, 0.4) is 0 Å². The van der Waals surface area contributed by atoms with Gasteiger partial charge in [0.05, 0.1) is 33.5 Å². The lowest BCUT2D eigenvalue weighted by atomic mass is 10.1. The average molecular weight is 308 g/mol. The van der Waals surface area contributed by atoms with Crippen LogP contribution in [0.4, 0.5) is 0 Å². The third kappa shape index (κ3) is 1.86. The molecule has 0 N–H and O–H groups in total. The molecular formula is C20H12N4. The van der Waals surface area contributed by atoms with Gasteiger partial charge < -0.3 is 0 Å². The zero-order valence-electron chi connectivity index (χ0n) is 12.7. The first-order chi connectivity index (χ1) is 11.9. The van der Waals surface area contributed by atoms with Crippen LogP contribution in [0.2, 0.25) is 0 Å². The molecule has 1 aliphatic carbocycles. The average Bonchev–Trinajstić information content (AvgIpc) is 2.62. The summed E-state index contributed by atoms with van der Waals surface area (Å²) in [7, 11) is 0. The van der Waals surface area contributed by atoms with Gasteiger partial charge in [-0.3, -0.25) is 9.97 Å². The van der Waals surface area contributed by atoms with E-state index in [0.29, 0.717) is 0 Å². The fourth-order valence-electron chi connectivity index (χ4n) is 3.07. The Labute approximate surface area is 137 Å². The van der Waals surface area contributed by atoms with E-state index < -0.39 is 0 Å². The topological polar surface area (TPSA) is 51.6 Å². The summed E-state index contributed by atoms with van der Waals surface area (Å²) in [5, 5.41) is 1.95. The highest BCUT2D eigenvalue weighted by Gasteiger charge is 2.14. The summed E-state index contributed by atoms with van der Waals surface area (Å²) in [5.41, 5.74) is 5.16. The van der Waals surface area contributed by atoms with E-state index in [1.807, 2.05) is 60.7 Å². The molecule has 0 fully saturated rings. The van der Waals surface area contributed by atoms with E-state index >= 15 is 0 Å². The SMILES string of the molecule is C1=C\C=C\c2nc3c4cccnc4c4ncccc4c3nc2\C=C/1. The highest BCUT2D eigenvalue weighted by Crippen LogP contribution is 2.31. The molecule has 0 amide bonds. The minimum Gasteiger partial charge on any atom is -0.254 e. The molecule has 112 valence electrons. The highest BCUT2D eigenvalue weighted by molar-refractivity contribution is 6.20. The lowest BCUT2D eigenvalue weighted by Gasteiger charge is -2.10. The molecule has 24 heavy (non-hydrogen) atoms. The molecule has 3 heterocycles. The van der Waals surface area contributed by atoms with Gasteiger partial charge in [0, 0.05) is 23.2 Å². The number of hydrogen-bond acceptors (Lipinski definition) is 4. The smallest absolute Gasteiger partial charge is 0.0996 e. The number of allylic oxidation sites excluding steroid dienone is 4. The van der Waals surface area contributed by atoms with Crippen molar-refractivity contribution < 1.29 is 0 Å². The molecule has 0 atom stereocenters. The summed E-state index contributed by atoms with van der Waals surface area (Å²) < 4.78 is 0. The Bertz CT molecular complexity index is 1110. The molecule has 0 saturated carbocycles. The van der Waals surface area contributed by atoms with Crippen molar-refractivity contribution in [2.24, 2.45) is 0 Å². The monoisotopic (exact) mass is 308 g/mol. The van der Waals surface area contributed by atoms with E-state index in [1.54, 1.807) is 12.4 Å². The van der Waals surface area contributed by atoms with Crippen LogP contribution in [0.5, 0.6) is 0 Å².